The van der Waals surface area contributed by atoms with Crippen molar-refractivity contribution in [3.63, 3.8) is 0 Å². The van der Waals surface area contributed by atoms with Gasteiger partial charge in [0.05, 0.1) is 18.6 Å². The molecule has 0 amide bonds. The molecule has 2 heterocycles. The van der Waals surface area contributed by atoms with E-state index in [2.05, 4.69) is 146 Å². The minimum Gasteiger partial charge on any atom is -0.491 e. The van der Waals surface area contributed by atoms with Crippen molar-refractivity contribution in [2.24, 2.45) is 0 Å². The maximum Gasteiger partial charge on any atom is 0.120 e. The number of hydrogen-bond acceptors (Lipinski definition) is 4. The number of fused-ring (bicyclic) bond motifs is 9. The third kappa shape index (κ3) is 4.67. The van der Waals surface area contributed by atoms with E-state index >= 15 is 0 Å². The van der Waals surface area contributed by atoms with E-state index in [0.717, 1.165) is 35.5 Å². The minimum atomic E-state index is -0.605. The van der Waals surface area contributed by atoms with Gasteiger partial charge in [-0.2, -0.15) is 0 Å². The van der Waals surface area contributed by atoms with Crippen LogP contribution < -0.4 is 9.47 Å². The molecule has 1 aliphatic carbocycles. The van der Waals surface area contributed by atoms with E-state index < -0.39 is 5.41 Å². The molecular weight excluding hydrogens is 629 g/mol. The van der Waals surface area contributed by atoms with Gasteiger partial charge in [-0.05, 0) is 113 Å². The normalized spacial score (nSPS) is 18.2. The van der Waals surface area contributed by atoms with Crippen molar-refractivity contribution in [1.82, 2.24) is 0 Å². The number of ether oxygens (including phenoxy) is 4. The Bertz CT molecular complexity index is 2500. The molecule has 0 aromatic heterocycles. The molecule has 0 radical (unpaired) electrons. The molecule has 0 saturated carbocycles. The zero-order chi connectivity index (χ0) is 33.5. The van der Waals surface area contributed by atoms with Crippen molar-refractivity contribution in [3.05, 3.63) is 168 Å². The average Bonchev–Trinajstić information content (AvgIpc) is 4.13. The van der Waals surface area contributed by atoms with Crippen LogP contribution in [-0.4, -0.2) is 38.6 Å². The Kier molecular flexibility index (Phi) is 6.37. The summed E-state index contributed by atoms with van der Waals surface area (Å²) in [5, 5.41) is 9.68. The van der Waals surface area contributed by atoms with Gasteiger partial charge in [-0.3, -0.25) is 0 Å². The first-order valence-electron chi connectivity index (χ1n) is 17.8. The molecule has 0 N–H and O–H groups in total. The fourth-order valence-corrected chi connectivity index (χ4v) is 8.47. The molecule has 4 nitrogen and oxygen atoms in total. The quantitative estimate of drug-likeness (QED) is 0.152. The van der Waals surface area contributed by atoms with E-state index in [1.54, 1.807) is 0 Å². The molecule has 4 heteroatoms. The number of benzene rings is 8. The first kappa shape index (κ1) is 29.1. The van der Waals surface area contributed by atoms with Crippen molar-refractivity contribution in [3.8, 4) is 22.6 Å². The van der Waals surface area contributed by atoms with Crippen LogP contribution in [0.2, 0.25) is 0 Å². The average molecular weight is 663 g/mol. The third-order valence-corrected chi connectivity index (χ3v) is 11.1. The van der Waals surface area contributed by atoms with Gasteiger partial charge in [-0.15, -0.1) is 0 Å². The molecule has 2 aliphatic heterocycles. The van der Waals surface area contributed by atoms with Crippen LogP contribution in [0.4, 0.5) is 0 Å². The first-order valence-corrected chi connectivity index (χ1v) is 17.8. The Morgan fingerprint density at radius 3 is 1.33 bits per heavy atom. The van der Waals surface area contributed by atoms with Crippen molar-refractivity contribution in [1.29, 1.82) is 0 Å². The smallest absolute Gasteiger partial charge is 0.120 e. The van der Waals surface area contributed by atoms with Crippen LogP contribution in [0, 0.1) is 0 Å². The first-order chi connectivity index (χ1) is 25.2. The number of rotatable bonds is 8. The monoisotopic (exact) mass is 662 g/mol. The largest absolute Gasteiger partial charge is 0.491 e. The van der Waals surface area contributed by atoms with Crippen LogP contribution in [0.1, 0.15) is 22.3 Å². The van der Waals surface area contributed by atoms with E-state index in [4.69, 9.17) is 18.9 Å². The van der Waals surface area contributed by atoms with Crippen molar-refractivity contribution in [2.45, 2.75) is 17.6 Å². The van der Waals surface area contributed by atoms with Crippen LogP contribution in [0.3, 0.4) is 0 Å². The zero-order valence-electron chi connectivity index (χ0n) is 28.0. The lowest BCUT2D eigenvalue weighted by Crippen LogP contribution is -2.29. The van der Waals surface area contributed by atoms with E-state index in [0.29, 0.717) is 13.2 Å². The van der Waals surface area contributed by atoms with Gasteiger partial charge in [0.25, 0.3) is 0 Å². The summed E-state index contributed by atoms with van der Waals surface area (Å²) in [5.41, 5.74) is 7.11. The van der Waals surface area contributed by atoms with Gasteiger partial charge < -0.3 is 18.9 Å². The lowest BCUT2D eigenvalue weighted by molar-refractivity contribution is 0.263. The van der Waals surface area contributed by atoms with Gasteiger partial charge in [0.15, 0.2) is 0 Å². The molecule has 2 atom stereocenters. The van der Waals surface area contributed by atoms with Gasteiger partial charge in [-0.1, -0.05) is 109 Å². The van der Waals surface area contributed by atoms with Gasteiger partial charge in [-0.25, -0.2) is 0 Å². The van der Waals surface area contributed by atoms with E-state index in [1.165, 1.54) is 65.7 Å². The highest BCUT2D eigenvalue weighted by Crippen LogP contribution is 2.60. The SMILES string of the molecule is c1ccc2c3c(ccc2c1)-c1ccc2ccccc2c1C3(c1ccc2cc(OCC3CO3)ccc2c1)c1ccc2cc(OCC3CO3)ccc2c1. The molecule has 0 bridgehead atoms. The third-order valence-electron chi connectivity index (χ3n) is 11.1. The molecular formula is C47H34O4. The maximum atomic E-state index is 6.09. The highest BCUT2D eigenvalue weighted by molar-refractivity contribution is 6.07. The molecule has 3 aliphatic rings. The summed E-state index contributed by atoms with van der Waals surface area (Å²) in [6.45, 7) is 2.74. The number of epoxide rings is 2. The predicted molar refractivity (Wildman–Crippen MR) is 204 cm³/mol. The van der Waals surface area contributed by atoms with Crippen LogP contribution in [0.25, 0.3) is 54.2 Å². The Hall–Kier alpha value is -5.68. The Morgan fingerprint density at radius 2 is 0.863 bits per heavy atom. The zero-order valence-corrected chi connectivity index (χ0v) is 28.0. The highest BCUT2D eigenvalue weighted by atomic mass is 16.6. The molecule has 0 spiro atoms. The van der Waals surface area contributed by atoms with E-state index in [-0.39, 0.29) is 12.2 Å². The van der Waals surface area contributed by atoms with Crippen LogP contribution in [0.15, 0.2) is 146 Å². The van der Waals surface area contributed by atoms with Gasteiger partial charge in [0.2, 0.25) is 0 Å². The lowest BCUT2D eigenvalue weighted by atomic mass is 9.65. The Morgan fingerprint density at radius 1 is 0.451 bits per heavy atom. The van der Waals surface area contributed by atoms with Crippen molar-refractivity contribution in [2.75, 3.05) is 26.4 Å². The molecule has 2 unspecified atom stereocenters. The number of hydrogen-bond donors (Lipinski definition) is 0. The second kappa shape index (κ2) is 11.2. The molecule has 11 rings (SSSR count). The molecule has 51 heavy (non-hydrogen) atoms. The van der Waals surface area contributed by atoms with E-state index in [1.807, 2.05) is 0 Å². The summed E-state index contributed by atoms with van der Waals surface area (Å²) in [5.74, 6) is 1.74. The van der Waals surface area contributed by atoms with Gasteiger partial charge in [0.1, 0.15) is 36.9 Å². The van der Waals surface area contributed by atoms with E-state index in [9.17, 15) is 0 Å². The molecule has 2 fully saturated rings. The molecule has 246 valence electrons. The summed E-state index contributed by atoms with van der Waals surface area (Å²) in [4.78, 5) is 0. The maximum absolute atomic E-state index is 6.09. The second-order valence-electron chi connectivity index (χ2n) is 14.1. The highest BCUT2D eigenvalue weighted by Gasteiger charge is 2.48. The molecule has 2 saturated heterocycles. The van der Waals surface area contributed by atoms with Crippen LogP contribution >= 0.6 is 0 Å². The van der Waals surface area contributed by atoms with Crippen LogP contribution in [-0.2, 0) is 14.9 Å². The fourth-order valence-electron chi connectivity index (χ4n) is 8.47. The standard InChI is InChI=1S/C47H34O4/c1-3-7-41-29(5-1)13-19-43-44-20-14-30-6-2-4-8-42(30)46(44)47(45(41)43,35-15-9-33-23-37(17-11-31(33)21-35)48-25-39-27-50-39)36-16-10-34-24-38(18-12-32(34)22-36)49-26-40-28-51-40/h1-24,39-40H,25-28H2. The topological polar surface area (TPSA) is 43.5 Å². The van der Waals surface area contributed by atoms with Gasteiger partial charge in [0, 0.05) is 0 Å². The summed E-state index contributed by atoms with van der Waals surface area (Å²) in [7, 11) is 0. The fraction of sp³-hybridized carbons (Fsp3) is 0.149. The summed E-state index contributed by atoms with van der Waals surface area (Å²) >= 11 is 0. The summed E-state index contributed by atoms with van der Waals surface area (Å²) in [6.07, 6.45) is 0.432. The van der Waals surface area contributed by atoms with Crippen LogP contribution in [0.5, 0.6) is 11.5 Å². The molecule has 8 aromatic carbocycles. The lowest BCUT2D eigenvalue weighted by Gasteiger charge is -2.36. The Labute approximate surface area is 295 Å². The second-order valence-corrected chi connectivity index (χ2v) is 14.1. The predicted octanol–water partition coefficient (Wildman–Crippen LogP) is 10.2. The minimum absolute atomic E-state index is 0.216. The van der Waals surface area contributed by atoms with Crippen molar-refractivity contribution < 1.29 is 18.9 Å². The van der Waals surface area contributed by atoms with Gasteiger partial charge >= 0.3 is 0 Å². The summed E-state index contributed by atoms with van der Waals surface area (Å²) < 4.78 is 22.9. The summed E-state index contributed by atoms with van der Waals surface area (Å²) in [6, 6.07) is 53.9. The van der Waals surface area contributed by atoms with Crippen molar-refractivity contribution >= 4 is 43.1 Å². The Balaban J connectivity index is 1.20. The molecule has 8 aromatic rings.